The maximum absolute atomic E-state index is 4.88. The molecule has 0 atom stereocenters. The van der Waals surface area contributed by atoms with Crippen LogP contribution in [-0.2, 0) is 6.42 Å². The molecule has 1 fully saturated rings. The predicted molar refractivity (Wildman–Crippen MR) is 88.8 cm³/mol. The second kappa shape index (κ2) is 8.47. The van der Waals surface area contributed by atoms with Crippen LogP contribution in [0.1, 0.15) is 80.1 Å². The lowest BCUT2D eigenvalue weighted by atomic mass is 9.90. The van der Waals surface area contributed by atoms with Gasteiger partial charge in [0.2, 0.25) is 0 Å². The first-order valence-electron chi connectivity index (χ1n) is 8.71. The highest BCUT2D eigenvalue weighted by Crippen LogP contribution is 2.29. The van der Waals surface area contributed by atoms with Gasteiger partial charge in [0.1, 0.15) is 5.82 Å². The zero-order valence-corrected chi connectivity index (χ0v) is 14.0. The van der Waals surface area contributed by atoms with E-state index in [4.69, 9.17) is 9.97 Å². The van der Waals surface area contributed by atoms with Crippen LogP contribution in [0.15, 0.2) is 0 Å². The number of hydrogen-bond donors (Lipinski definition) is 1. The molecule has 0 radical (unpaired) electrons. The van der Waals surface area contributed by atoms with E-state index in [2.05, 4.69) is 19.2 Å². The first-order valence-corrected chi connectivity index (χ1v) is 8.71. The second-order valence-corrected chi connectivity index (χ2v) is 6.48. The number of aryl methyl sites for hydroxylation is 2. The molecule has 0 spiro atoms. The molecule has 0 bridgehead atoms. The molecule has 0 saturated heterocycles. The Morgan fingerprint density at radius 3 is 2.10 bits per heavy atom. The van der Waals surface area contributed by atoms with E-state index in [1.54, 1.807) is 0 Å². The summed E-state index contributed by atoms with van der Waals surface area (Å²) < 4.78 is 0. The fourth-order valence-corrected chi connectivity index (χ4v) is 3.47. The Labute approximate surface area is 130 Å². The van der Waals surface area contributed by atoms with Gasteiger partial charge in [-0.05, 0) is 58.7 Å². The standard InChI is InChI=1S/C18H31N3/c1-14-17(12-9-13-19-3)15(2)21-18(20-14)16-10-7-5-4-6-8-11-16/h16,19H,4-13H2,1-3H3. The Balaban J connectivity index is 2.09. The molecule has 3 nitrogen and oxygen atoms in total. The van der Waals surface area contributed by atoms with Crippen molar-refractivity contribution in [2.24, 2.45) is 0 Å². The topological polar surface area (TPSA) is 37.8 Å². The molecule has 1 saturated carbocycles. The van der Waals surface area contributed by atoms with E-state index in [1.165, 1.54) is 61.9 Å². The molecule has 1 aromatic heterocycles. The lowest BCUT2D eigenvalue weighted by molar-refractivity contribution is 0.440. The minimum Gasteiger partial charge on any atom is -0.320 e. The summed E-state index contributed by atoms with van der Waals surface area (Å²) in [5.41, 5.74) is 3.77. The maximum atomic E-state index is 4.88. The van der Waals surface area contributed by atoms with Gasteiger partial charge in [0.15, 0.2) is 0 Å². The van der Waals surface area contributed by atoms with Gasteiger partial charge in [-0.15, -0.1) is 0 Å². The SMILES string of the molecule is CNCCCc1c(C)nc(C2CCCCCCC2)nc1C. The average Bonchev–Trinajstić information content (AvgIpc) is 2.41. The first-order chi connectivity index (χ1) is 10.2. The van der Waals surface area contributed by atoms with Crippen LogP contribution in [0, 0.1) is 13.8 Å². The third-order valence-electron chi connectivity index (χ3n) is 4.76. The van der Waals surface area contributed by atoms with Crippen molar-refractivity contribution in [2.45, 2.75) is 77.6 Å². The van der Waals surface area contributed by atoms with E-state index in [0.717, 1.165) is 25.2 Å². The van der Waals surface area contributed by atoms with Gasteiger partial charge >= 0.3 is 0 Å². The number of aromatic nitrogens is 2. The van der Waals surface area contributed by atoms with Gasteiger partial charge in [0.25, 0.3) is 0 Å². The summed E-state index contributed by atoms with van der Waals surface area (Å²) >= 11 is 0. The van der Waals surface area contributed by atoms with Gasteiger partial charge in [0.05, 0.1) is 0 Å². The molecule has 118 valence electrons. The van der Waals surface area contributed by atoms with Gasteiger partial charge in [-0.1, -0.05) is 32.1 Å². The van der Waals surface area contributed by atoms with E-state index in [0.29, 0.717) is 5.92 Å². The molecule has 1 aromatic rings. The molecule has 1 aliphatic carbocycles. The van der Waals surface area contributed by atoms with Gasteiger partial charge in [-0.3, -0.25) is 0 Å². The van der Waals surface area contributed by atoms with Gasteiger partial charge in [-0.25, -0.2) is 9.97 Å². The summed E-state index contributed by atoms with van der Waals surface area (Å²) in [4.78, 5) is 9.75. The molecule has 2 rings (SSSR count). The molecule has 0 aliphatic heterocycles. The van der Waals surface area contributed by atoms with Crippen LogP contribution in [0.2, 0.25) is 0 Å². The van der Waals surface area contributed by atoms with E-state index in [-0.39, 0.29) is 0 Å². The highest BCUT2D eigenvalue weighted by molar-refractivity contribution is 5.25. The zero-order chi connectivity index (χ0) is 15.1. The quantitative estimate of drug-likeness (QED) is 0.830. The summed E-state index contributed by atoms with van der Waals surface area (Å²) in [5, 5.41) is 3.21. The summed E-state index contributed by atoms with van der Waals surface area (Å²) in [5.74, 6) is 1.71. The van der Waals surface area contributed by atoms with Crippen molar-refractivity contribution in [1.29, 1.82) is 0 Å². The normalized spacial score (nSPS) is 17.5. The maximum Gasteiger partial charge on any atom is 0.131 e. The summed E-state index contributed by atoms with van der Waals surface area (Å²) in [6.45, 7) is 5.38. The molecule has 21 heavy (non-hydrogen) atoms. The Kier molecular flexibility index (Phi) is 6.62. The third-order valence-corrected chi connectivity index (χ3v) is 4.76. The largest absolute Gasteiger partial charge is 0.320 e. The number of hydrogen-bond acceptors (Lipinski definition) is 3. The van der Waals surface area contributed by atoms with Crippen LogP contribution < -0.4 is 5.32 Å². The number of rotatable bonds is 5. The molecule has 0 aromatic carbocycles. The van der Waals surface area contributed by atoms with Crippen molar-refractivity contribution >= 4 is 0 Å². The van der Waals surface area contributed by atoms with Crippen molar-refractivity contribution in [3.8, 4) is 0 Å². The number of nitrogens with one attached hydrogen (secondary N) is 1. The van der Waals surface area contributed by atoms with Crippen LogP contribution in [0.4, 0.5) is 0 Å². The second-order valence-electron chi connectivity index (χ2n) is 6.48. The van der Waals surface area contributed by atoms with Crippen molar-refractivity contribution in [2.75, 3.05) is 13.6 Å². The van der Waals surface area contributed by atoms with E-state index >= 15 is 0 Å². The van der Waals surface area contributed by atoms with E-state index < -0.39 is 0 Å². The van der Waals surface area contributed by atoms with E-state index in [9.17, 15) is 0 Å². The molecule has 0 unspecified atom stereocenters. The summed E-state index contributed by atoms with van der Waals surface area (Å²) in [6, 6.07) is 0. The van der Waals surface area contributed by atoms with Crippen LogP contribution >= 0.6 is 0 Å². The molecule has 0 amide bonds. The lowest BCUT2D eigenvalue weighted by Crippen LogP contribution is -2.13. The minimum absolute atomic E-state index is 0.592. The zero-order valence-electron chi connectivity index (χ0n) is 14.0. The van der Waals surface area contributed by atoms with Crippen molar-refractivity contribution < 1.29 is 0 Å². The Morgan fingerprint density at radius 2 is 1.52 bits per heavy atom. The van der Waals surface area contributed by atoms with Crippen molar-refractivity contribution in [3.63, 3.8) is 0 Å². The molecule has 1 heterocycles. The van der Waals surface area contributed by atoms with Crippen LogP contribution in [-0.4, -0.2) is 23.6 Å². The van der Waals surface area contributed by atoms with Crippen molar-refractivity contribution in [1.82, 2.24) is 15.3 Å². The van der Waals surface area contributed by atoms with Crippen LogP contribution in [0.3, 0.4) is 0 Å². The Bertz CT molecular complexity index is 411. The Hall–Kier alpha value is -0.960. The predicted octanol–water partition coefficient (Wildman–Crippen LogP) is 4.07. The molecular formula is C18H31N3. The van der Waals surface area contributed by atoms with Crippen molar-refractivity contribution in [3.05, 3.63) is 22.8 Å². The van der Waals surface area contributed by atoms with E-state index in [1.807, 2.05) is 7.05 Å². The fraction of sp³-hybridized carbons (Fsp3) is 0.778. The third kappa shape index (κ3) is 4.77. The number of nitrogens with zero attached hydrogens (tertiary/aromatic N) is 2. The highest BCUT2D eigenvalue weighted by Gasteiger charge is 2.18. The summed E-state index contributed by atoms with van der Waals surface area (Å²) in [7, 11) is 2.01. The van der Waals surface area contributed by atoms with Gasteiger partial charge in [-0.2, -0.15) is 0 Å². The minimum atomic E-state index is 0.592. The van der Waals surface area contributed by atoms with Gasteiger partial charge < -0.3 is 5.32 Å². The average molecular weight is 289 g/mol. The lowest BCUT2D eigenvalue weighted by Gasteiger charge is -2.20. The van der Waals surface area contributed by atoms with Crippen LogP contribution in [0.5, 0.6) is 0 Å². The molecule has 3 heteroatoms. The highest BCUT2D eigenvalue weighted by atomic mass is 14.9. The monoisotopic (exact) mass is 289 g/mol. The van der Waals surface area contributed by atoms with Gasteiger partial charge in [0, 0.05) is 17.3 Å². The molecule has 1 N–H and O–H groups in total. The fourth-order valence-electron chi connectivity index (χ4n) is 3.47. The summed E-state index contributed by atoms with van der Waals surface area (Å²) in [6.07, 6.45) is 11.7. The smallest absolute Gasteiger partial charge is 0.131 e. The Morgan fingerprint density at radius 1 is 0.952 bits per heavy atom. The van der Waals surface area contributed by atoms with Crippen LogP contribution in [0.25, 0.3) is 0 Å². The molecular weight excluding hydrogens is 258 g/mol. The first kappa shape index (κ1) is 16.4. The molecule has 1 aliphatic rings.